The Kier molecular flexibility index (Phi) is 20.7. The molecule has 0 aliphatic heterocycles. The number of hydrogen-bond donors (Lipinski definition) is 2. The largest absolute Gasteiger partial charge is 0.358 e. The van der Waals surface area contributed by atoms with Crippen molar-refractivity contribution in [1.29, 1.82) is 0 Å². The van der Waals surface area contributed by atoms with Crippen molar-refractivity contribution < 1.29 is 42.7 Å². The predicted octanol–water partition coefficient (Wildman–Crippen LogP) is 3.00. The third kappa shape index (κ3) is 12.5. The normalized spacial score (nSPS) is 9.07. The number of amides is 1. The molecule has 0 aromatic carbocycles. The maximum Gasteiger partial charge on any atom is 0.246 e. The number of carbonyl (C=O) groups excluding carboxylic acids is 1. The standard InChI is InChI=1S/C8H16NO2.C2H6.CH3.Y/c1-6(2)5-8(3,4)7(10)9-11;1-2;;/h11H,5H2,1-4H3,(H,9,10);1-2H3;1H3;/q-1;;-1;. The van der Waals surface area contributed by atoms with Gasteiger partial charge < -0.3 is 13.3 Å². The molecule has 0 fully saturated rings. The van der Waals surface area contributed by atoms with Gasteiger partial charge in [0.05, 0.1) is 0 Å². The topological polar surface area (TPSA) is 49.3 Å². The van der Waals surface area contributed by atoms with Crippen LogP contribution in [0.4, 0.5) is 0 Å². The molecule has 0 aromatic rings. The number of nitrogens with one attached hydrogen (secondary N) is 1. The van der Waals surface area contributed by atoms with Crippen LogP contribution in [0.2, 0.25) is 0 Å². The Morgan fingerprint density at radius 1 is 1.33 bits per heavy atom. The minimum atomic E-state index is -0.506. The molecule has 91 valence electrons. The van der Waals surface area contributed by atoms with Gasteiger partial charge in [0.1, 0.15) is 0 Å². The predicted molar refractivity (Wildman–Crippen MR) is 60.7 cm³/mol. The molecule has 0 heterocycles. The molecule has 0 rings (SSSR count). The van der Waals surface area contributed by atoms with E-state index in [0.717, 1.165) is 0 Å². The van der Waals surface area contributed by atoms with Gasteiger partial charge in [-0.15, -0.1) is 0 Å². The Hall–Kier alpha value is 0.534. The van der Waals surface area contributed by atoms with Gasteiger partial charge in [0, 0.05) is 38.1 Å². The first-order valence-electron chi connectivity index (χ1n) is 4.63. The van der Waals surface area contributed by atoms with Crippen LogP contribution in [-0.2, 0) is 37.5 Å². The Morgan fingerprint density at radius 3 is 1.87 bits per heavy atom. The van der Waals surface area contributed by atoms with Crippen LogP contribution >= 0.6 is 0 Å². The van der Waals surface area contributed by atoms with Gasteiger partial charge in [0.25, 0.3) is 0 Å². The smallest absolute Gasteiger partial charge is 0.246 e. The van der Waals surface area contributed by atoms with Crippen molar-refractivity contribution >= 4 is 5.91 Å². The summed E-state index contributed by atoms with van der Waals surface area (Å²) in [5, 5.41) is 8.37. The number of carbonyl (C=O) groups is 1. The zero-order chi connectivity index (χ0) is 11.1. The zero-order valence-electron chi connectivity index (χ0n) is 11.1. The first-order chi connectivity index (χ1) is 5.90. The van der Waals surface area contributed by atoms with E-state index in [0.29, 0.717) is 6.42 Å². The van der Waals surface area contributed by atoms with E-state index in [9.17, 15) is 4.79 Å². The fourth-order valence-corrected chi connectivity index (χ4v) is 1.12. The molecule has 0 unspecified atom stereocenters. The number of rotatable bonds is 3. The maximum absolute atomic E-state index is 11.0. The fourth-order valence-electron chi connectivity index (χ4n) is 1.12. The Labute approximate surface area is 120 Å². The Balaban J connectivity index is -0.000000142. The molecule has 1 radical (unpaired) electrons. The monoisotopic (exact) mass is 292 g/mol. The zero-order valence-corrected chi connectivity index (χ0v) is 14.0. The Bertz CT molecular complexity index is 148. The molecule has 1 amide bonds. The second kappa shape index (κ2) is 12.6. The molecule has 0 aromatic heterocycles. The van der Waals surface area contributed by atoms with Crippen molar-refractivity contribution in [2.75, 3.05) is 0 Å². The summed E-state index contributed by atoms with van der Waals surface area (Å²) < 4.78 is 0. The number of hydrogen-bond acceptors (Lipinski definition) is 2. The van der Waals surface area contributed by atoms with E-state index in [-0.39, 0.29) is 46.0 Å². The van der Waals surface area contributed by atoms with Crippen molar-refractivity contribution in [3.63, 3.8) is 0 Å². The van der Waals surface area contributed by atoms with Gasteiger partial charge in [-0.25, -0.2) is 5.48 Å². The van der Waals surface area contributed by atoms with E-state index in [4.69, 9.17) is 5.21 Å². The number of hydroxylamine groups is 1. The minimum absolute atomic E-state index is 0. The van der Waals surface area contributed by atoms with Gasteiger partial charge in [-0.2, -0.15) is 20.3 Å². The quantitative estimate of drug-likeness (QED) is 0.477. The van der Waals surface area contributed by atoms with Crippen LogP contribution in [0.25, 0.3) is 0 Å². The van der Waals surface area contributed by atoms with Crippen molar-refractivity contribution in [3.05, 3.63) is 13.3 Å². The summed E-state index contributed by atoms with van der Waals surface area (Å²) in [6, 6.07) is 0. The molecule has 0 aliphatic rings. The summed E-state index contributed by atoms with van der Waals surface area (Å²) in [6.07, 6.45) is 0.694. The summed E-state index contributed by atoms with van der Waals surface area (Å²) in [6.45, 7) is 11.5. The molecule has 4 heteroatoms. The molecule has 0 saturated carbocycles. The Morgan fingerprint density at radius 2 is 1.67 bits per heavy atom. The summed E-state index contributed by atoms with van der Waals surface area (Å²) in [5.41, 5.74) is 1.15. The summed E-state index contributed by atoms with van der Waals surface area (Å²) >= 11 is 0. The molecule has 0 bridgehead atoms. The first kappa shape index (κ1) is 24.7. The second-order valence-corrected chi connectivity index (χ2v) is 3.71. The molecular weight excluding hydrogens is 267 g/mol. The molecule has 2 N–H and O–H groups in total. The van der Waals surface area contributed by atoms with E-state index in [1.165, 1.54) is 5.92 Å². The van der Waals surface area contributed by atoms with Crippen molar-refractivity contribution in [3.8, 4) is 0 Å². The summed E-state index contributed by atoms with van der Waals surface area (Å²) in [5.74, 6) is 0.845. The van der Waals surface area contributed by atoms with Gasteiger partial charge in [-0.3, -0.25) is 10.0 Å². The molecule has 0 spiro atoms. The summed E-state index contributed by atoms with van der Waals surface area (Å²) in [7, 11) is 0. The van der Waals surface area contributed by atoms with E-state index in [1.807, 2.05) is 27.7 Å². The minimum Gasteiger partial charge on any atom is -0.358 e. The van der Waals surface area contributed by atoms with Crippen LogP contribution in [0.1, 0.15) is 48.0 Å². The average Bonchev–Trinajstić information content (AvgIpc) is 2.04. The molecule has 15 heavy (non-hydrogen) atoms. The van der Waals surface area contributed by atoms with Gasteiger partial charge in [0.15, 0.2) is 0 Å². The van der Waals surface area contributed by atoms with Gasteiger partial charge >= 0.3 is 0 Å². The van der Waals surface area contributed by atoms with Crippen LogP contribution in [-0.4, -0.2) is 11.1 Å². The molecule has 0 aliphatic carbocycles. The van der Waals surface area contributed by atoms with Crippen LogP contribution in [0.3, 0.4) is 0 Å². The van der Waals surface area contributed by atoms with Crippen LogP contribution < -0.4 is 5.48 Å². The van der Waals surface area contributed by atoms with E-state index in [2.05, 4.69) is 0 Å². The van der Waals surface area contributed by atoms with Gasteiger partial charge in [-0.1, -0.05) is 27.7 Å². The maximum atomic E-state index is 11.0. The van der Waals surface area contributed by atoms with Crippen molar-refractivity contribution in [2.24, 2.45) is 5.41 Å². The third-order valence-electron chi connectivity index (χ3n) is 1.51. The fraction of sp³-hybridized carbons (Fsp3) is 0.727. The molecule has 0 saturated heterocycles. The van der Waals surface area contributed by atoms with Crippen molar-refractivity contribution in [2.45, 2.75) is 48.0 Å². The molecule has 3 nitrogen and oxygen atoms in total. The van der Waals surface area contributed by atoms with Gasteiger partial charge in [0.2, 0.25) is 5.91 Å². The van der Waals surface area contributed by atoms with Crippen LogP contribution in [0.15, 0.2) is 0 Å². The summed E-state index contributed by atoms with van der Waals surface area (Å²) in [4.78, 5) is 11.0. The van der Waals surface area contributed by atoms with Crippen LogP contribution in [0, 0.1) is 18.8 Å². The molecule has 0 atom stereocenters. The van der Waals surface area contributed by atoms with E-state index in [1.54, 1.807) is 19.3 Å². The second-order valence-electron chi connectivity index (χ2n) is 3.71. The van der Waals surface area contributed by atoms with Gasteiger partial charge in [-0.05, 0) is 0 Å². The molecular formula is C11H25NO2Y-2. The third-order valence-corrected chi connectivity index (χ3v) is 1.51. The van der Waals surface area contributed by atoms with Crippen LogP contribution in [0.5, 0.6) is 0 Å². The SMILES string of the molecule is CC.C[C-](C)CC(C)(C)C(=O)NO.[CH3-].[Y]. The average molecular weight is 292 g/mol. The van der Waals surface area contributed by atoms with E-state index < -0.39 is 5.41 Å². The van der Waals surface area contributed by atoms with E-state index >= 15 is 0 Å². The first-order valence-corrected chi connectivity index (χ1v) is 4.63. The van der Waals surface area contributed by atoms with Crippen molar-refractivity contribution in [1.82, 2.24) is 5.48 Å².